The Labute approximate surface area is 196 Å². The molecular formula is C21H32Cl2N6O2. The van der Waals surface area contributed by atoms with Crippen LogP contribution in [0.3, 0.4) is 0 Å². The number of nitro benzene ring substituents is 1. The number of unbranched alkanes of at least 4 members (excludes halogenated alkanes) is 1. The minimum absolute atomic E-state index is 0. The van der Waals surface area contributed by atoms with Gasteiger partial charge in [0.15, 0.2) is 0 Å². The molecule has 1 saturated heterocycles. The van der Waals surface area contributed by atoms with E-state index in [0.717, 1.165) is 56.8 Å². The molecule has 0 unspecified atom stereocenters. The van der Waals surface area contributed by atoms with E-state index < -0.39 is 0 Å². The van der Waals surface area contributed by atoms with Crippen LogP contribution in [0.4, 0.5) is 23.1 Å². The Morgan fingerprint density at radius 3 is 2.68 bits per heavy atom. The van der Waals surface area contributed by atoms with Crippen molar-refractivity contribution in [2.24, 2.45) is 0 Å². The summed E-state index contributed by atoms with van der Waals surface area (Å²) in [7, 11) is 0. The number of benzene rings is 1. The summed E-state index contributed by atoms with van der Waals surface area (Å²) in [5, 5.41) is 17.9. The monoisotopic (exact) mass is 470 g/mol. The minimum atomic E-state index is -0.366. The number of anilines is 3. The summed E-state index contributed by atoms with van der Waals surface area (Å²) in [6.07, 6.45) is 4.14. The summed E-state index contributed by atoms with van der Waals surface area (Å²) in [5.74, 6) is 1.40. The van der Waals surface area contributed by atoms with Gasteiger partial charge in [-0.2, -0.15) is 4.98 Å². The lowest BCUT2D eigenvalue weighted by atomic mass is 10.2. The zero-order valence-electron chi connectivity index (χ0n) is 18.3. The lowest BCUT2D eigenvalue weighted by Crippen LogP contribution is -2.32. The number of nitro groups is 1. The second-order valence-electron chi connectivity index (χ2n) is 7.52. The third-order valence-corrected chi connectivity index (χ3v) is 5.22. The molecule has 0 amide bonds. The van der Waals surface area contributed by atoms with Crippen LogP contribution in [-0.4, -0.2) is 40.6 Å². The van der Waals surface area contributed by atoms with Gasteiger partial charge in [0.25, 0.3) is 5.69 Å². The van der Waals surface area contributed by atoms with Gasteiger partial charge in [-0.1, -0.05) is 26.3 Å². The molecule has 2 aromatic rings. The Bertz CT molecular complexity index is 868. The minimum Gasteiger partial charge on any atom is -0.355 e. The van der Waals surface area contributed by atoms with E-state index in [0.29, 0.717) is 23.2 Å². The molecule has 3 rings (SSSR count). The molecule has 8 nitrogen and oxygen atoms in total. The van der Waals surface area contributed by atoms with Crippen LogP contribution in [-0.2, 0) is 6.42 Å². The average Bonchev–Trinajstić information content (AvgIpc) is 3.16. The SMILES string of the molecule is CCCCc1cc(N2CC[C@H](NCC)C2)nc(Nc2ccc(C)c([N+](=O)[O-])c2)n1.Cl.Cl. The van der Waals surface area contributed by atoms with Gasteiger partial charge in [-0.3, -0.25) is 10.1 Å². The number of nitrogens with one attached hydrogen (secondary N) is 2. The molecule has 1 aliphatic heterocycles. The fraction of sp³-hybridized carbons (Fsp3) is 0.524. The van der Waals surface area contributed by atoms with Crippen LogP contribution in [0.2, 0.25) is 0 Å². The molecule has 172 valence electrons. The van der Waals surface area contributed by atoms with Gasteiger partial charge in [0.1, 0.15) is 5.82 Å². The highest BCUT2D eigenvalue weighted by Gasteiger charge is 2.23. The highest BCUT2D eigenvalue weighted by molar-refractivity contribution is 5.85. The van der Waals surface area contributed by atoms with E-state index in [2.05, 4.69) is 40.4 Å². The maximum Gasteiger partial charge on any atom is 0.274 e. The molecule has 2 heterocycles. The van der Waals surface area contributed by atoms with Crippen molar-refractivity contribution in [2.75, 3.05) is 29.9 Å². The first kappa shape index (κ1) is 26.9. The molecule has 10 heteroatoms. The lowest BCUT2D eigenvalue weighted by Gasteiger charge is -2.19. The van der Waals surface area contributed by atoms with E-state index in [1.54, 1.807) is 13.0 Å². The first-order valence-corrected chi connectivity index (χ1v) is 10.4. The molecule has 0 spiro atoms. The van der Waals surface area contributed by atoms with Crippen LogP contribution in [0.15, 0.2) is 24.3 Å². The van der Waals surface area contributed by atoms with Gasteiger partial charge in [0.2, 0.25) is 5.95 Å². The van der Waals surface area contributed by atoms with Crippen LogP contribution in [0.1, 0.15) is 44.4 Å². The number of hydrogen-bond donors (Lipinski definition) is 2. The highest BCUT2D eigenvalue weighted by Crippen LogP contribution is 2.26. The summed E-state index contributed by atoms with van der Waals surface area (Å²) in [6.45, 7) is 8.86. The van der Waals surface area contributed by atoms with Crippen molar-refractivity contribution in [2.45, 2.75) is 52.5 Å². The predicted molar refractivity (Wildman–Crippen MR) is 131 cm³/mol. The Balaban J connectivity index is 0.00000240. The first-order chi connectivity index (χ1) is 14.0. The Morgan fingerprint density at radius 2 is 2.00 bits per heavy atom. The van der Waals surface area contributed by atoms with Gasteiger partial charge in [-0.15, -0.1) is 24.8 Å². The van der Waals surface area contributed by atoms with E-state index in [9.17, 15) is 10.1 Å². The van der Waals surface area contributed by atoms with Gasteiger partial charge >= 0.3 is 0 Å². The molecule has 1 aliphatic rings. The quantitative estimate of drug-likeness (QED) is 0.400. The second-order valence-corrected chi connectivity index (χ2v) is 7.52. The molecule has 0 aliphatic carbocycles. The number of aryl methyl sites for hydroxylation is 2. The smallest absolute Gasteiger partial charge is 0.274 e. The number of hydrogen-bond acceptors (Lipinski definition) is 7. The highest BCUT2D eigenvalue weighted by atomic mass is 35.5. The van der Waals surface area contributed by atoms with Crippen LogP contribution >= 0.6 is 24.8 Å². The van der Waals surface area contributed by atoms with Gasteiger partial charge in [-0.05, 0) is 38.8 Å². The fourth-order valence-electron chi connectivity index (χ4n) is 3.62. The summed E-state index contributed by atoms with van der Waals surface area (Å²) < 4.78 is 0. The first-order valence-electron chi connectivity index (χ1n) is 10.4. The maximum atomic E-state index is 11.2. The standard InChI is InChI=1S/C21H30N6O2.2ClH/c1-4-6-7-16-13-20(26-11-10-18(14-26)22-5-2)25-21(23-16)24-17-9-8-15(3)19(12-17)27(28)29;;/h8-9,12-13,18,22H,4-7,10-11,14H2,1-3H3,(H,23,24,25);2*1H/t18-;;/m0../s1. The van der Waals surface area contributed by atoms with Crippen LogP contribution < -0.4 is 15.5 Å². The van der Waals surface area contributed by atoms with Gasteiger partial charge in [-0.25, -0.2) is 4.98 Å². The second kappa shape index (κ2) is 12.6. The lowest BCUT2D eigenvalue weighted by molar-refractivity contribution is -0.385. The van der Waals surface area contributed by atoms with Crippen molar-refractivity contribution >= 4 is 48.0 Å². The molecule has 1 atom stereocenters. The summed E-state index contributed by atoms with van der Waals surface area (Å²) in [5.41, 5.74) is 2.33. The van der Waals surface area contributed by atoms with E-state index in [1.807, 2.05) is 6.07 Å². The molecule has 0 bridgehead atoms. The van der Waals surface area contributed by atoms with E-state index in [-0.39, 0.29) is 35.4 Å². The number of halogens is 2. The molecule has 0 radical (unpaired) electrons. The van der Waals surface area contributed by atoms with E-state index in [4.69, 9.17) is 4.98 Å². The molecule has 0 saturated carbocycles. The van der Waals surface area contributed by atoms with Crippen molar-refractivity contribution in [1.29, 1.82) is 0 Å². The van der Waals surface area contributed by atoms with Crippen LogP contribution in [0, 0.1) is 17.0 Å². The zero-order valence-corrected chi connectivity index (χ0v) is 19.9. The van der Waals surface area contributed by atoms with Crippen molar-refractivity contribution in [3.8, 4) is 0 Å². The number of nitrogens with zero attached hydrogens (tertiary/aromatic N) is 4. The average molecular weight is 471 g/mol. The van der Waals surface area contributed by atoms with Crippen molar-refractivity contribution < 1.29 is 4.92 Å². The normalized spacial score (nSPS) is 15.2. The predicted octanol–water partition coefficient (Wildman–Crippen LogP) is 4.81. The van der Waals surface area contributed by atoms with E-state index in [1.165, 1.54) is 6.07 Å². The summed E-state index contributed by atoms with van der Waals surface area (Å²) >= 11 is 0. The number of likely N-dealkylation sites (N-methyl/N-ethyl adjacent to an activating group) is 1. The third-order valence-electron chi connectivity index (χ3n) is 5.22. The van der Waals surface area contributed by atoms with E-state index >= 15 is 0 Å². The summed E-state index contributed by atoms with van der Waals surface area (Å²) in [6, 6.07) is 7.65. The summed E-state index contributed by atoms with van der Waals surface area (Å²) in [4.78, 5) is 22.5. The molecular weight excluding hydrogens is 439 g/mol. The molecule has 1 aromatic heterocycles. The fourth-order valence-corrected chi connectivity index (χ4v) is 3.62. The Morgan fingerprint density at radius 1 is 1.23 bits per heavy atom. The van der Waals surface area contributed by atoms with Gasteiger partial charge < -0.3 is 15.5 Å². The van der Waals surface area contributed by atoms with Crippen LogP contribution in [0.25, 0.3) is 0 Å². The molecule has 2 N–H and O–H groups in total. The number of rotatable bonds is 9. The Hall–Kier alpha value is -2.16. The molecule has 31 heavy (non-hydrogen) atoms. The van der Waals surface area contributed by atoms with Gasteiger partial charge in [0, 0.05) is 48.2 Å². The van der Waals surface area contributed by atoms with Gasteiger partial charge in [0.05, 0.1) is 4.92 Å². The largest absolute Gasteiger partial charge is 0.355 e. The van der Waals surface area contributed by atoms with Crippen molar-refractivity contribution in [3.63, 3.8) is 0 Å². The number of aromatic nitrogens is 2. The third kappa shape index (κ3) is 7.19. The maximum absolute atomic E-state index is 11.2. The van der Waals surface area contributed by atoms with Crippen molar-refractivity contribution in [1.82, 2.24) is 15.3 Å². The van der Waals surface area contributed by atoms with Crippen LogP contribution in [0.5, 0.6) is 0 Å². The molecule has 1 aromatic carbocycles. The van der Waals surface area contributed by atoms with Crippen molar-refractivity contribution in [3.05, 3.63) is 45.6 Å². The molecule has 1 fully saturated rings. The topological polar surface area (TPSA) is 96.2 Å². The Kier molecular flexibility index (Phi) is 11.0. The zero-order chi connectivity index (χ0) is 20.8.